The Labute approximate surface area is 172 Å². The van der Waals surface area contributed by atoms with E-state index >= 15 is 0 Å². The molecule has 7 heteroatoms. The third-order valence-electron chi connectivity index (χ3n) is 5.80. The third kappa shape index (κ3) is 5.28. The summed E-state index contributed by atoms with van der Waals surface area (Å²) in [5, 5.41) is 4.58. The van der Waals surface area contributed by atoms with Gasteiger partial charge in [0.1, 0.15) is 5.82 Å². The first kappa shape index (κ1) is 20.2. The Balaban J connectivity index is 1.25. The van der Waals surface area contributed by atoms with Crippen LogP contribution in [0.25, 0.3) is 0 Å². The summed E-state index contributed by atoms with van der Waals surface area (Å²) in [6.07, 6.45) is 6.47. The maximum atomic E-state index is 12.2. The van der Waals surface area contributed by atoms with Gasteiger partial charge in [0.15, 0.2) is 0 Å². The normalized spacial score (nSPS) is 18.9. The number of hydrogen-bond donors (Lipinski definition) is 0. The second kappa shape index (κ2) is 8.32. The van der Waals surface area contributed by atoms with Crippen molar-refractivity contribution in [2.24, 2.45) is 0 Å². The van der Waals surface area contributed by atoms with E-state index in [-0.39, 0.29) is 11.0 Å². The predicted molar refractivity (Wildman–Crippen MR) is 113 cm³/mol. The minimum Gasteiger partial charge on any atom is -0.299 e. The molecule has 2 aromatic rings. The van der Waals surface area contributed by atoms with Gasteiger partial charge in [-0.25, -0.2) is 14.6 Å². The molecule has 0 bridgehead atoms. The van der Waals surface area contributed by atoms with Crippen molar-refractivity contribution in [3.05, 3.63) is 52.0 Å². The van der Waals surface area contributed by atoms with Gasteiger partial charge in [-0.3, -0.25) is 14.6 Å². The van der Waals surface area contributed by atoms with Crippen LogP contribution in [0, 0.1) is 0 Å². The van der Waals surface area contributed by atoms with E-state index in [1.54, 1.807) is 10.7 Å². The fraction of sp³-hybridized carbons (Fsp3) is 0.636. The van der Waals surface area contributed by atoms with Crippen molar-refractivity contribution in [2.75, 3.05) is 32.7 Å². The van der Waals surface area contributed by atoms with Gasteiger partial charge in [0, 0.05) is 74.6 Å². The van der Waals surface area contributed by atoms with Crippen LogP contribution in [0.3, 0.4) is 0 Å². The van der Waals surface area contributed by atoms with Crippen molar-refractivity contribution < 1.29 is 0 Å². The van der Waals surface area contributed by atoms with E-state index in [0.717, 1.165) is 50.8 Å². The molecule has 1 aliphatic carbocycles. The highest BCUT2D eigenvalue weighted by atomic mass is 16.1. The van der Waals surface area contributed by atoms with E-state index in [2.05, 4.69) is 45.6 Å². The van der Waals surface area contributed by atoms with Gasteiger partial charge >= 0.3 is 0 Å². The van der Waals surface area contributed by atoms with E-state index in [4.69, 9.17) is 0 Å². The maximum Gasteiger partial charge on any atom is 0.266 e. The molecule has 0 atom stereocenters. The van der Waals surface area contributed by atoms with Crippen LogP contribution in [-0.4, -0.2) is 62.3 Å². The van der Waals surface area contributed by atoms with Gasteiger partial charge in [0.2, 0.25) is 0 Å². The highest BCUT2D eigenvalue weighted by molar-refractivity contribution is 5.11. The first-order valence-electron chi connectivity index (χ1n) is 10.7. The lowest BCUT2D eigenvalue weighted by molar-refractivity contribution is 0.122. The molecule has 4 rings (SSSR count). The lowest BCUT2D eigenvalue weighted by Gasteiger charge is -2.34. The van der Waals surface area contributed by atoms with E-state index in [1.807, 2.05) is 18.5 Å². The molecule has 7 nitrogen and oxygen atoms in total. The standard InChI is InChI=1S/C22H32N6O/c1-22(2,3)19-6-7-20(29)28(25-19)13-12-26-8-10-27(11-9-26)16-17-14-23-21(24-15-17)18-4-5-18/h6-7,14-15,18H,4-5,8-13,16H2,1-3H3. The van der Waals surface area contributed by atoms with Gasteiger partial charge in [0.05, 0.1) is 12.2 Å². The molecule has 2 aliphatic rings. The van der Waals surface area contributed by atoms with Crippen LogP contribution in [-0.2, 0) is 18.5 Å². The van der Waals surface area contributed by atoms with Crippen LogP contribution in [0.4, 0.5) is 0 Å². The Morgan fingerprint density at radius 2 is 1.62 bits per heavy atom. The average molecular weight is 397 g/mol. The third-order valence-corrected chi connectivity index (χ3v) is 5.80. The smallest absolute Gasteiger partial charge is 0.266 e. The SMILES string of the molecule is CC(C)(C)c1ccc(=O)n(CCN2CCN(Cc3cnc(C4CC4)nc3)CC2)n1. The zero-order valence-electron chi connectivity index (χ0n) is 17.8. The summed E-state index contributed by atoms with van der Waals surface area (Å²) in [7, 11) is 0. The molecule has 0 N–H and O–H groups in total. The van der Waals surface area contributed by atoms with Crippen LogP contribution in [0.15, 0.2) is 29.3 Å². The molecule has 29 heavy (non-hydrogen) atoms. The summed E-state index contributed by atoms with van der Waals surface area (Å²) in [5.74, 6) is 1.62. The molecular formula is C22H32N6O. The summed E-state index contributed by atoms with van der Waals surface area (Å²) in [5.41, 5.74) is 2.07. The summed E-state index contributed by atoms with van der Waals surface area (Å²) in [6, 6.07) is 3.49. The molecule has 0 aromatic carbocycles. The molecule has 2 aromatic heterocycles. The molecule has 0 spiro atoms. The van der Waals surface area contributed by atoms with E-state index in [0.29, 0.717) is 12.5 Å². The summed E-state index contributed by atoms with van der Waals surface area (Å²) >= 11 is 0. The fourth-order valence-corrected chi connectivity index (χ4v) is 3.67. The van der Waals surface area contributed by atoms with Crippen molar-refractivity contribution in [3.8, 4) is 0 Å². The Morgan fingerprint density at radius 3 is 2.24 bits per heavy atom. The van der Waals surface area contributed by atoms with Gasteiger partial charge < -0.3 is 0 Å². The zero-order chi connectivity index (χ0) is 20.4. The Hall–Kier alpha value is -2.12. The first-order valence-corrected chi connectivity index (χ1v) is 10.7. The van der Waals surface area contributed by atoms with E-state index in [9.17, 15) is 4.79 Å². The molecule has 156 valence electrons. The molecule has 1 saturated heterocycles. The largest absolute Gasteiger partial charge is 0.299 e. The molecule has 0 radical (unpaired) electrons. The maximum absolute atomic E-state index is 12.2. The van der Waals surface area contributed by atoms with Crippen molar-refractivity contribution in [3.63, 3.8) is 0 Å². The highest BCUT2D eigenvalue weighted by Gasteiger charge is 2.26. The summed E-state index contributed by atoms with van der Waals surface area (Å²) in [6.45, 7) is 12.8. The molecule has 1 saturated carbocycles. The summed E-state index contributed by atoms with van der Waals surface area (Å²) in [4.78, 5) is 26.1. The summed E-state index contributed by atoms with van der Waals surface area (Å²) < 4.78 is 1.62. The van der Waals surface area contributed by atoms with Crippen LogP contribution in [0.1, 0.15) is 56.6 Å². The topological polar surface area (TPSA) is 67.2 Å². The van der Waals surface area contributed by atoms with Crippen molar-refractivity contribution in [1.82, 2.24) is 29.5 Å². The van der Waals surface area contributed by atoms with Crippen LogP contribution >= 0.6 is 0 Å². The second-order valence-electron chi connectivity index (χ2n) is 9.37. The minimum atomic E-state index is -0.0539. The predicted octanol–water partition coefficient (Wildman–Crippen LogP) is 2.03. The van der Waals surface area contributed by atoms with E-state index in [1.165, 1.54) is 18.4 Å². The Bertz CT molecular complexity index is 873. The number of nitrogens with zero attached hydrogens (tertiary/aromatic N) is 6. The first-order chi connectivity index (χ1) is 13.9. The van der Waals surface area contributed by atoms with Crippen LogP contribution < -0.4 is 5.56 Å². The number of hydrogen-bond acceptors (Lipinski definition) is 6. The Kier molecular flexibility index (Phi) is 5.79. The quantitative estimate of drug-likeness (QED) is 0.744. The number of rotatable bonds is 6. The minimum absolute atomic E-state index is 0.0220. The monoisotopic (exact) mass is 396 g/mol. The van der Waals surface area contributed by atoms with Crippen molar-refractivity contribution in [1.29, 1.82) is 0 Å². The molecular weight excluding hydrogens is 364 g/mol. The lowest BCUT2D eigenvalue weighted by atomic mass is 9.92. The number of piperazine rings is 1. The second-order valence-corrected chi connectivity index (χ2v) is 9.37. The van der Waals surface area contributed by atoms with Crippen molar-refractivity contribution in [2.45, 2.75) is 58.0 Å². The van der Waals surface area contributed by atoms with Gasteiger partial charge in [-0.15, -0.1) is 0 Å². The van der Waals surface area contributed by atoms with Crippen molar-refractivity contribution >= 4 is 0 Å². The molecule has 3 heterocycles. The molecule has 0 unspecified atom stereocenters. The Morgan fingerprint density at radius 1 is 0.966 bits per heavy atom. The van der Waals surface area contributed by atoms with Crippen LogP contribution in [0.2, 0.25) is 0 Å². The molecule has 1 aliphatic heterocycles. The van der Waals surface area contributed by atoms with Gasteiger partial charge in [-0.05, 0) is 18.9 Å². The molecule has 0 amide bonds. The van der Waals surface area contributed by atoms with Gasteiger partial charge in [0.25, 0.3) is 5.56 Å². The highest BCUT2D eigenvalue weighted by Crippen LogP contribution is 2.37. The van der Waals surface area contributed by atoms with Gasteiger partial charge in [-0.1, -0.05) is 20.8 Å². The number of aromatic nitrogens is 4. The van der Waals surface area contributed by atoms with E-state index < -0.39 is 0 Å². The fourth-order valence-electron chi connectivity index (χ4n) is 3.67. The van der Waals surface area contributed by atoms with Gasteiger partial charge in [-0.2, -0.15) is 5.10 Å². The lowest BCUT2D eigenvalue weighted by Crippen LogP contribution is -2.47. The molecule has 2 fully saturated rings. The average Bonchev–Trinajstić information content (AvgIpc) is 3.53. The van der Waals surface area contributed by atoms with Crippen LogP contribution in [0.5, 0.6) is 0 Å². The zero-order valence-corrected chi connectivity index (χ0v) is 17.8.